The summed E-state index contributed by atoms with van der Waals surface area (Å²) in [5, 5.41) is 5.64. The van der Waals surface area contributed by atoms with Crippen molar-refractivity contribution in [1.82, 2.24) is 20.6 Å². The average molecular weight is 469 g/mol. The molecular formula is C25H33FN6O2. The number of benzene rings is 1. The lowest BCUT2D eigenvalue weighted by atomic mass is 10.1. The summed E-state index contributed by atoms with van der Waals surface area (Å²) in [6, 6.07) is 7.45. The van der Waals surface area contributed by atoms with E-state index in [1.165, 1.54) is 25.5 Å². The van der Waals surface area contributed by atoms with Gasteiger partial charge in [-0.2, -0.15) is 4.98 Å². The third-order valence-corrected chi connectivity index (χ3v) is 7.20. The number of halogens is 1. The molecule has 0 bridgehead atoms. The van der Waals surface area contributed by atoms with Crippen molar-refractivity contribution < 1.29 is 13.9 Å². The highest BCUT2D eigenvalue weighted by atomic mass is 19.1. The predicted octanol–water partition coefficient (Wildman–Crippen LogP) is 3.64. The number of carbonyl (C=O) groups excluding carboxylic acids is 1. The Balaban J connectivity index is 1.18. The molecule has 2 amide bonds. The van der Waals surface area contributed by atoms with E-state index in [1.807, 2.05) is 43.0 Å². The molecule has 1 saturated carbocycles. The molecule has 2 aromatic rings. The molecule has 3 heterocycles. The number of anilines is 2. The molecule has 0 unspecified atom stereocenters. The van der Waals surface area contributed by atoms with Crippen molar-refractivity contribution in [3.8, 4) is 5.75 Å². The van der Waals surface area contributed by atoms with Gasteiger partial charge in [0.15, 0.2) is 11.6 Å². The van der Waals surface area contributed by atoms with E-state index in [2.05, 4.69) is 25.5 Å². The van der Waals surface area contributed by atoms with Gasteiger partial charge in [0.25, 0.3) is 0 Å². The molecule has 3 fully saturated rings. The van der Waals surface area contributed by atoms with Gasteiger partial charge >= 0.3 is 6.03 Å². The maximum absolute atomic E-state index is 14.6. The second-order valence-corrected chi connectivity index (χ2v) is 9.78. The van der Waals surface area contributed by atoms with Gasteiger partial charge in [-0.05, 0) is 56.2 Å². The maximum Gasteiger partial charge on any atom is 0.315 e. The van der Waals surface area contributed by atoms with Gasteiger partial charge in [-0.3, -0.25) is 0 Å². The van der Waals surface area contributed by atoms with Crippen LogP contribution < -0.4 is 25.2 Å². The van der Waals surface area contributed by atoms with Gasteiger partial charge in [-0.1, -0.05) is 12.1 Å². The zero-order valence-corrected chi connectivity index (χ0v) is 19.9. The van der Waals surface area contributed by atoms with Crippen molar-refractivity contribution in [2.24, 2.45) is 5.41 Å². The first-order valence-corrected chi connectivity index (χ1v) is 12.3. The number of aromatic nitrogens is 2. The fourth-order valence-electron chi connectivity index (χ4n) is 4.95. The second-order valence-electron chi connectivity index (χ2n) is 9.78. The lowest BCUT2D eigenvalue weighted by Gasteiger charge is -2.22. The number of urea groups is 1. The summed E-state index contributed by atoms with van der Waals surface area (Å²) in [5.41, 5.74) is 1.47. The van der Waals surface area contributed by atoms with Gasteiger partial charge in [0.05, 0.1) is 18.8 Å². The molecule has 2 N–H and O–H groups in total. The molecule has 8 nitrogen and oxygen atoms in total. The van der Waals surface area contributed by atoms with Crippen LogP contribution in [0.25, 0.3) is 0 Å². The van der Waals surface area contributed by atoms with E-state index in [0.717, 1.165) is 30.8 Å². The number of amides is 2. The minimum absolute atomic E-state index is 0.0453. The third-order valence-electron chi connectivity index (χ3n) is 7.20. The number of ether oxygens (including phenoxy) is 1. The smallest absolute Gasteiger partial charge is 0.315 e. The van der Waals surface area contributed by atoms with Gasteiger partial charge in [-0.25, -0.2) is 14.2 Å². The number of nitrogens with one attached hydrogen (secondary N) is 2. The first-order chi connectivity index (χ1) is 16.4. The first-order valence-electron chi connectivity index (χ1n) is 12.3. The van der Waals surface area contributed by atoms with Gasteiger partial charge < -0.3 is 25.2 Å². The molecule has 1 spiro atoms. The second kappa shape index (κ2) is 9.27. The molecule has 1 aromatic heterocycles. The van der Waals surface area contributed by atoms with Crippen LogP contribution >= 0.6 is 0 Å². The Morgan fingerprint density at radius 1 is 1.24 bits per heavy atom. The molecule has 2 saturated heterocycles. The topological polar surface area (TPSA) is 82.6 Å². The Hall–Kier alpha value is -3.10. The Morgan fingerprint density at radius 2 is 2.03 bits per heavy atom. The summed E-state index contributed by atoms with van der Waals surface area (Å²) in [4.78, 5) is 24.8. The fourth-order valence-corrected chi connectivity index (χ4v) is 4.95. The molecule has 2 atom stereocenters. The van der Waals surface area contributed by atoms with Crippen LogP contribution in [-0.2, 0) is 0 Å². The number of rotatable bonds is 7. The highest BCUT2D eigenvalue weighted by Crippen LogP contribution is 2.53. The predicted molar refractivity (Wildman–Crippen MR) is 129 cm³/mol. The number of hydrogen-bond acceptors (Lipinski definition) is 6. The molecule has 3 aliphatic rings. The first kappa shape index (κ1) is 22.7. The molecule has 1 aromatic carbocycles. The average Bonchev–Trinajstić information content (AvgIpc) is 3.22. The van der Waals surface area contributed by atoms with Gasteiger partial charge in [0.1, 0.15) is 11.9 Å². The van der Waals surface area contributed by atoms with Crippen molar-refractivity contribution in [2.45, 2.75) is 51.7 Å². The van der Waals surface area contributed by atoms with E-state index >= 15 is 0 Å². The Bertz CT molecular complexity index is 1030. The van der Waals surface area contributed by atoms with Crippen LogP contribution in [0.15, 0.2) is 30.5 Å². The largest absolute Gasteiger partial charge is 0.489 e. The fraction of sp³-hybridized carbons (Fsp3) is 0.560. The normalized spacial score (nSPS) is 21.6. The molecule has 0 radical (unpaired) electrons. The van der Waals surface area contributed by atoms with Crippen molar-refractivity contribution in [3.05, 3.63) is 41.8 Å². The number of hydrogen-bond donors (Lipinski definition) is 2. The van der Waals surface area contributed by atoms with Crippen LogP contribution in [0.2, 0.25) is 0 Å². The molecule has 34 heavy (non-hydrogen) atoms. The summed E-state index contributed by atoms with van der Waals surface area (Å²) in [5.74, 6) is 1.38. The molecule has 182 valence electrons. The monoisotopic (exact) mass is 468 g/mol. The van der Waals surface area contributed by atoms with Crippen LogP contribution in [-0.4, -0.2) is 54.8 Å². The van der Waals surface area contributed by atoms with Crippen LogP contribution in [0.5, 0.6) is 5.75 Å². The minimum Gasteiger partial charge on any atom is -0.489 e. The summed E-state index contributed by atoms with van der Waals surface area (Å²) < 4.78 is 20.8. The van der Waals surface area contributed by atoms with E-state index in [1.54, 1.807) is 0 Å². The van der Waals surface area contributed by atoms with E-state index in [4.69, 9.17) is 4.74 Å². The molecule has 2 aliphatic heterocycles. The van der Waals surface area contributed by atoms with E-state index in [9.17, 15) is 9.18 Å². The quantitative estimate of drug-likeness (QED) is 0.646. The van der Waals surface area contributed by atoms with Crippen molar-refractivity contribution >= 4 is 17.8 Å². The Morgan fingerprint density at radius 3 is 2.74 bits per heavy atom. The number of nitrogens with zero attached hydrogens (tertiary/aromatic N) is 4. The Labute approximate surface area is 199 Å². The zero-order valence-electron chi connectivity index (χ0n) is 19.9. The van der Waals surface area contributed by atoms with Crippen LogP contribution in [0.3, 0.4) is 0 Å². The summed E-state index contributed by atoms with van der Waals surface area (Å²) >= 11 is 0. The van der Waals surface area contributed by atoms with Crippen molar-refractivity contribution in [1.29, 1.82) is 0 Å². The SMILES string of the molecule is CCNC(=O)N[C@@H](C)c1ccc(O[C@@H]2CCN(c3nc(N4CCC5(CC5)C4)ncc3F)C2)cc1. The zero-order chi connectivity index (χ0) is 23.7. The maximum atomic E-state index is 14.6. The number of carbonyl (C=O) groups is 1. The molecular weight excluding hydrogens is 435 g/mol. The Kier molecular flexibility index (Phi) is 6.18. The van der Waals surface area contributed by atoms with Crippen LogP contribution in [0.1, 0.15) is 51.1 Å². The highest BCUT2D eigenvalue weighted by molar-refractivity contribution is 5.74. The lowest BCUT2D eigenvalue weighted by molar-refractivity contribution is 0.224. The van der Waals surface area contributed by atoms with Crippen LogP contribution in [0.4, 0.5) is 21.0 Å². The van der Waals surface area contributed by atoms with Crippen molar-refractivity contribution in [3.63, 3.8) is 0 Å². The standard InChI is InChI=1S/C25H33FN6O2/c1-3-27-24(33)29-17(2)18-4-6-19(7-5-18)34-20-8-12-31(15-20)22-21(26)14-28-23(30-22)32-13-11-25(16-32)9-10-25/h4-7,14,17,20H,3,8-13,15-16H2,1-2H3,(H2,27,29,33)/t17-,20+/m0/s1. The van der Waals surface area contributed by atoms with Gasteiger partial charge in [-0.15, -0.1) is 0 Å². The molecule has 5 rings (SSSR count). The summed E-state index contributed by atoms with van der Waals surface area (Å²) in [7, 11) is 0. The molecule has 1 aliphatic carbocycles. The van der Waals surface area contributed by atoms with Crippen molar-refractivity contribution in [2.75, 3.05) is 42.5 Å². The van der Waals surface area contributed by atoms with Crippen LogP contribution in [0, 0.1) is 11.2 Å². The molecule has 9 heteroatoms. The summed E-state index contributed by atoms with van der Waals surface area (Å²) in [6.45, 7) is 7.61. The van der Waals surface area contributed by atoms with Gasteiger partial charge in [0, 0.05) is 32.6 Å². The van der Waals surface area contributed by atoms with E-state index in [0.29, 0.717) is 36.8 Å². The minimum atomic E-state index is -0.386. The van der Waals surface area contributed by atoms with E-state index < -0.39 is 0 Å². The third kappa shape index (κ3) is 4.88. The lowest BCUT2D eigenvalue weighted by Crippen LogP contribution is -2.36. The van der Waals surface area contributed by atoms with Gasteiger partial charge in [0.2, 0.25) is 5.95 Å². The summed E-state index contributed by atoms with van der Waals surface area (Å²) in [6.07, 6.45) is 5.81. The highest BCUT2D eigenvalue weighted by Gasteiger charge is 2.48. The van der Waals surface area contributed by atoms with E-state index in [-0.39, 0.29) is 24.0 Å².